The third kappa shape index (κ3) is 3.31. The molecule has 2 aliphatic rings. The average molecular weight is 448 g/mol. The highest BCUT2D eigenvalue weighted by Gasteiger charge is 2.41. The number of hydrogen-bond donors (Lipinski definition) is 1. The van der Waals surface area contributed by atoms with Crippen molar-refractivity contribution in [1.29, 1.82) is 0 Å². The van der Waals surface area contributed by atoms with Crippen LogP contribution in [0.3, 0.4) is 0 Å². The predicted molar refractivity (Wildman–Crippen MR) is 131 cm³/mol. The highest BCUT2D eigenvalue weighted by molar-refractivity contribution is 8.81. The second-order valence-corrected chi connectivity index (χ2v) is 13.9. The zero-order valence-corrected chi connectivity index (χ0v) is 18.7. The molecule has 5 rings (SSSR count). The Kier molecular flexibility index (Phi) is 5.07. The van der Waals surface area contributed by atoms with Gasteiger partial charge < -0.3 is 4.74 Å². The molecule has 2 heterocycles. The van der Waals surface area contributed by atoms with Crippen molar-refractivity contribution in [3.05, 3.63) is 102 Å². The Hall–Kier alpha value is -2.66. The maximum atomic E-state index is 6.38. The molecular weight excluding hydrogens is 429 g/mol. The highest BCUT2D eigenvalue weighted by Crippen LogP contribution is 2.74. The first kappa shape index (κ1) is 19.3. The lowest BCUT2D eigenvalue weighted by Crippen LogP contribution is -2.24. The first-order chi connectivity index (χ1) is 14.7. The van der Waals surface area contributed by atoms with Crippen LogP contribution in [0.4, 0.5) is 0 Å². The van der Waals surface area contributed by atoms with Crippen LogP contribution in [-0.2, 0) is 11.8 Å². The Morgan fingerprint density at radius 1 is 0.867 bits per heavy atom. The van der Waals surface area contributed by atoms with Gasteiger partial charge in [0, 0.05) is 10.9 Å². The van der Waals surface area contributed by atoms with Gasteiger partial charge in [0.25, 0.3) is 0 Å². The summed E-state index contributed by atoms with van der Waals surface area (Å²) < 4.78 is 5.34. The zero-order valence-electron chi connectivity index (χ0n) is 16.1. The topological polar surface area (TPSA) is 46.0 Å². The van der Waals surface area contributed by atoms with E-state index in [9.17, 15) is 0 Å². The minimum absolute atomic E-state index is 0.738. The Bertz CT molecular complexity index is 1240. The standard InChI is InChI=1S/C23H18N3OPS2/c1-27-18-12-14-19(15-13-18)28(29)21(16-8-4-2-5-9-16)20-23(30-28)26-25-22(24-20)17-10-6-3-7-11-17/h2-15H,1H3,(H,24,25). The monoisotopic (exact) mass is 447 g/mol. The Morgan fingerprint density at radius 2 is 1.50 bits per heavy atom. The van der Waals surface area contributed by atoms with Crippen LogP contribution in [0.25, 0.3) is 5.31 Å². The Morgan fingerprint density at radius 3 is 2.13 bits per heavy atom. The number of benzene rings is 3. The molecule has 1 N–H and O–H groups in total. The first-order valence-electron chi connectivity index (χ1n) is 9.42. The Labute approximate surface area is 184 Å². The summed E-state index contributed by atoms with van der Waals surface area (Å²) >= 11 is 8.04. The van der Waals surface area contributed by atoms with E-state index in [4.69, 9.17) is 21.5 Å². The average Bonchev–Trinajstić information content (AvgIpc) is 3.12. The molecule has 148 valence electrons. The number of nitrogens with one attached hydrogen (secondary N) is 1. The Balaban J connectivity index is 1.71. The van der Waals surface area contributed by atoms with Crippen molar-refractivity contribution in [2.24, 2.45) is 10.1 Å². The fourth-order valence-corrected chi connectivity index (χ4v) is 10.2. The van der Waals surface area contributed by atoms with Crippen LogP contribution in [0.15, 0.2) is 101 Å². The molecule has 3 aromatic carbocycles. The molecular formula is C23H18N3OPS2. The van der Waals surface area contributed by atoms with Crippen molar-refractivity contribution in [3.8, 4) is 5.75 Å². The number of hydrazone groups is 1. The summed E-state index contributed by atoms with van der Waals surface area (Å²) in [7, 11) is 1.67. The third-order valence-corrected chi connectivity index (χ3v) is 12.0. The molecule has 0 fully saturated rings. The van der Waals surface area contributed by atoms with Crippen molar-refractivity contribution in [2.75, 3.05) is 7.11 Å². The fourth-order valence-electron chi connectivity index (χ4n) is 3.45. The summed E-state index contributed by atoms with van der Waals surface area (Å²) in [6, 6.07) is 28.4. The van der Waals surface area contributed by atoms with Gasteiger partial charge in [-0.3, -0.25) is 5.43 Å². The van der Waals surface area contributed by atoms with E-state index in [1.807, 2.05) is 60.7 Å². The third-order valence-electron chi connectivity index (χ3n) is 4.93. The number of ether oxygens (including phenoxy) is 1. The van der Waals surface area contributed by atoms with E-state index in [1.54, 1.807) is 18.5 Å². The summed E-state index contributed by atoms with van der Waals surface area (Å²) in [6.45, 7) is 0. The van der Waals surface area contributed by atoms with Crippen LogP contribution < -0.4 is 15.5 Å². The molecule has 3 aromatic rings. The zero-order chi connectivity index (χ0) is 20.6. The minimum atomic E-state index is -2.21. The number of fused-ring (bicyclic) bond motifs is 1. The van der Waals surface area contributed by atoms with Crippen molar-refractivity contribution < 1.29 is 4.74 Å². The van der Waals surface area contributed by atoms with E-state index in [0.29, 0.717) is 0 Å². The van der Waals surface area contributed by atoms with E-state index in [-0.39, 0.29) is 0 Å². The van der Waals surface area contributed by atoms with Crippen LogP contribution in [0.1, 0.15) is 11.1 Å². The quantitative estimate of drug-likeness (QED) is 0.559. The van der Waals surface area contributed by atoms with Gasteiger partial charge in [0.1, 0.15) is 16.5 Å². The summed E-state index contributed by atoms with van der Waals surface area (Å²) in [5, 5.41) is 5.51. The van der Waals surface area contributed by atoms with E-state index < -0.39 is 5.24 Å². The molecule has 0 bridgehead atoms. The van der Waals surface area contributed by atoms with Crippen LogP contribution in [0.2, 0.25) is 0 Å². The van der Waals surface area contributed by atoms with Gasteiger partial charge >= 0.3 is 0 Å². The normalized spacial score (nSPS) is 20.2. The van der Waals surface area contributed by atoms with Gasteiger partial charge in [0.2, 0.25) is 0 Å². The van der Waals surface area contributed by atoms with E-state index in [0.717, 1.165) is 44.1 Å². The molecule has 0 spiro atoms. The SMILES string of the molecule is COc1ccc(P2(=S)SC3=NNC(c4ccccc4)=NC3=C2c2ccccc2)cc1. The van der Waals surface area contributed by atoms with E-state index >= 15 is 0 Å². The summed E-state index contributed by atoms with van der Waals surface area (Å²) in [6.07, 6.45) is 0. The lowest BCUT2D eigenvalue weighted by molar-refractivity contribution is 0.415. The minimum Gasteiger partial charge on any atom is -0.497 e. The lowest BCUT2D eigenvalue weighted by atomic mass is 10.1. The number of aliphatic imine (C=N–C) groups is 1. The maximum absolute atomic E-state index is 6.38. The van der Waals surface area contributed by atoms with Crippen molar-refractivity contribution in [2.45, 2.75) is 0 Å². The van der Waals surface area contributed by atoms with Crippen molar-refractivity contribution in [1.82, 2.24) is 5.43 Å². The molecule has 0 radical (unpaired) electrons. The second-order valence-electron chi connectivity index (χ2n) is 6.76. The number of amidine groups is 1. The van der Waals surface area contributed by atoms with Crippen LogP contribution >= 0.6 is 16.6 Å². The van der Waals surface area contributed by atoms with Gasteiger partial charge in [0.05, 0.1) is 12.3 Å². The number of nitrogens with zero attached hydrogens (tertiary/aromatic N) is 2. The van der Waals surface area contributed by atoms with E-state index in [2.05, 4.69) is 34.8 Å². The summed E-state index contributed by atoms with van der Waals surface area (Å²) in [4.78, 5) is 5.00. The smallest absolute Gasteiger partial charge is 0.154 e. The second kappa shape index (κ2) is 7.88. The van der Waals surface area contributed by atoms with Crippen molar-refractivity contribution in [3.63, 3.8) is 0 Å². The van der Waals surface area contributed by atoms with Gasteiger partial charge in [-0.25, -0.2) is 4.99 Å². The highest BCUT2D eigenvalue weighted by atomic mass is 32.9. The number of hydrogen-bond acceptors (Lipinski definition) is 6. The summed E-state index contributed by atoms with van der Waals surface area (Å²) in [5.74, 6) is 1.56. The largest absolute Gasteiger partial charge is 0.497 e. The molecule has 0 saturated heterocycles. The van der Waals surface area contributed by atoms with Gasteiger partial charge in [-0.05, 0) is 35.1 Å². The first-order valence-corrected chi connectivity index (χ1v) is 13.6. The molecule has 0 amide bonds. The number of rotatable bonds is 4. The molecule has 0 aromatic heterocycles. The molecule has 2 aliphatic heterocycles. The summed E-state index contributed by atoms with van der Waals surface area (Å²) in [5.41, 5.74) is 6.09. The lowest BCUT2D eigenvalue weighted by Gasteiger charge is -2.19. The molecule has 30 heavy (non-hydrogen) atoms. The van der Waals surface area contributed by atoms with Crippen LogP contribution in [-0.4, -0.2) is 18.0 Å². The fraction of sp³-hybridized carbons (Fsp3) is 0.0435. The molecule has 1 atom stereocenters. The molecule has 0 saturated carbocycles. The van der Waals surface area contributed by atoms with Gasteiger partial charge in [-0.1, -0.05) is 83.9 Å². The molecule has 1 unspecified atom stereocenters. The van der Waals surface area contributed by atoms with Crippen LogP contribution in [0.5, 0.6) is 5.75 Å². The van der Waals surface area contributed by atoms with Gasteiger partial charge in [-0.2, -0.15) is 5.10 Å². The van der Waals surface area contributed by atoms with Crippen LogP contribution in [0, 0.1) is 0 Å². The van der Waals surface area contributed by atoms with Crippen molar-refractivity contribution >= 4 is 49.9 Å². The predicted octanol–water partition coefficient (Wildman–Crippen LogP) is 5.19. The van der Waals surface area contributed by atoms with Gasteiger partial charge in [-0.15, -0.1) is 0 Å². The maximum Gasteiger partial charge on any atom is 0.154 e. The molecule has 0 aliphatic carbocycles. The van der Waals surface area contributed by atoms with E-state index in [1.165, 1.54) is 0 Å². The molecule has 4 nitrogen and oxygen atoms in total. The molecule has 7 heteroatoms. The number of methoxy groups -OCH3 is 1. The van der Waals surface area contributed by atoms with Gasteiger partial charge in [0.15, 0.2) is 5.84 Å².